The van der Waals surface area contributed by atoms with Crippen LogP contribution in [0.1, 0.15) is 32.8 Å². The third kappa shape index (κ3) is 2.57. The van der Waals surface area contributed by atoms with Crippen molar-refractivity contribution in [2.24, 2.45) is 5.41 Å². The number of anilines is 1. The van der Waals surface area contributed by atoms with Crippen molar-refractivity contribution in [1.82, 2.24) is 0 Å². The summed E-state index contributed by atoms with van der Waals surface area (Å²) in [5, 5.41) is 3.66. The van der Waals surface area contributed by atoms with E-state index in [0.717, 1.165) is 17.5 Å². The fourth-order valence-electron chi connectivity index (χ4n) is 2.55. The van der Waals surface area contributed by atoms with Crippen molar-refractivity contribution in [2.45, 2.75) is 46.3 Å². The van der Waals surface area contributed by atoms with E-state index in [4.69, 9.17) is 4.74 Å². The minimum Gasteiger partial charge on any atom is -0.381 e. The van der Waals surface area contributed by atoms with E-state index in [2.05, 4.69) is 67.1 Å². The molecule has 2 rings (SSSR count). The number of ether oxygens (including phenoxy) is 1. The van der Waals surface area contributed by atoms with Gasteiger partial charge in [0.15, 0.2) is 0 Å². The molecule has 0 heterocycles. The predicted molar refractivity (Wildman–Crippen MR) is 80.1 cm³/mol. The number of benzene rings is 1. The van der Waals surface area contributed by atoms with Crippen LogP contribution in [0.5, 0.6) is 0 Å². The van der Waals surface area contributed by atoms with E-state index in [-0.39, 0.29) is 5.41 Å². The van der Waals surface area contributed by atoms with Crippen LogP contribution in [-0.4, -0.2) is 18.8 Å². The Morgan fingerprint density at radius 2 is 2.17 bits per heavy atom. The first-order valence-electron chi connectivity index (χ1n) is 6.59. The first-order valence-corrected chi connectivity index (χ1v) is 7.38. The van der Waals surface area contributed by atoms with Crippen LogP contribution in [0.3, 0.4) is 0 Å². The molecule has 100 valence electrons. The van der Waals surface area contributed by atoms with Crippen LogP contribution in [0.15, 0.2) is 22.7 Å². The van der Waals surface area contributed by atoms with Gasteiger partial charge in [0, 0.05) is 28.2 Å². The molecular formula is C15H22BrNO. The van der Waals surface area contributed by atoms with Gasteiger partial charge in [-0.05, 0) is 38.0 Å². The molecule has 1 saturated carbocycles. The van der Waals surface area contributed by atoms with Crippen LogP contribution in [0.2, 0.25) is 0 Å². The van der Waals surface area contributed by atoms with Crippen molar-refractivity contribution in [3.05, 3.63) is 28.2 Å². The Balaban J connectivity index is 2.05. The minimum atomic E-state index is 0.199. The predicted octanol–water partition coefficient (Wildman–Crippen LogP) is 4.37. The Morgan fingerprint density at radius 3 is 2.78 bits per heavy atom. The Kier molecular flexibility index (Phi) is 4.02. The lowest BCUT2D eigenvalue weighted by Crippen LogP contribution is -2.58. The van der Waals surface area contributed by atoms with Crippen LogP contribution in [0, 0.1) is 12.3 Å². The molecule has 0 aliphatic heterocycles. The highest BCUT2D eigenvalue weighted by molar-refractivity contribution is 9.10. The summed E-state index contributed by atoms with van der Waals surface area (Å²) in [6.07, 6.45) is 1.47. The molecule has 1 N–H and O–H groups in total. The highest BCUT2D eigenvalue weighted by atomic mass is 79.9. The maximum atomic E-state index is 5.77. The number of nitrogens with one attached hydrogen (secondary N) is 1. The maximum absolute atomic E-state index is 5.77. The molecule has 0 amide bonds. The fourth-order valence-corrected chi connectivity index (χ4v) is 2.91. The van der Waals surface area contributed by atoms with E-state index < -0.39 is 0 Å². The number of halogens is 1. The summed E-state index contributed by atoms with van der Waals surface area (Å²) < 4.78 is 6.89. The third-order valence-corrected chi connectivity index (χ3v) is 4.57. The lowest BCUT2D eigenvalue weighted by molar-refractivity contribution is -0.0976. The summed E-state index contributed by atoms with van der Waals surface area (Å²) in [5.41, 5.74) is 2.70. The fraction of sp³-hybridized carbons (Fsp3) is 0.600. The first kappa shape index (κ1) is 13.9. The number of hydrogen-bond acceptors (Lipinski definition) is 2. The second-order valence-corrected chi connectivity index (χ2v) is 6.57. The van der Waals surface area contributed by atoms with Crippen LogP contribution in [0.25, 0.3) is 0 Å². The minimum absolute atomic E-state index is 0.199. The van der Waals surface area contributed by atoms with Gasteiger partial charge in [0.25, 0.3) is 0 Å². The van der Waals surface area contributed by atoms with Crippen molar-refractivity contribution < 1.29 is 4.74 Å². The van der Waals surface area contributed by atoms with Gasteiger partial charge in [0.05, 0.1) is 6.10 Å². The SMILES string of the molecule is CCOC1CC(Nc2cc(Br)ccc2C)C1(C)C. The van der Waals surface area contributed by atoms with Crippen LogP contribution >= 0.6 is 15.9 Å². The molecule has 1 aliphatic rings. The second-order valence-electron chi connectivity index (χ2n) is 5.66. The largest absolute Gasteiger partial charge is 0.381 e. The summed E-state index contributed by atoms with van der Waals surface area (Å²) in [7, 11) is 0. The van der Waals surface area contributed by atoms with E-state index in [1.807, 2.05) is 0 Å². The number of hydrogen-bond donors (Lipinski definition) is 1. The molecule has 1 fully saturated rings. The van der Waals surface area contributed by atoms with Gasteiger partial charge in [-0.25, -0.2) is 0 Å². The van der Waals surface area contributed by atoms with Crippen LogP contribution in [0.4, 0.5) is 5.69 Å². The summed E-state index contributed by atoms with van der Waals surface area (Å²) >= 11 is 3.53. The van der Waals surface area contributed by atoms with Gasteiger partial charge in [-0.2, -0.15) is 0 Å². The van der Waals surface area contributed by atoms with Crippen molar-refractivity contribution in [1.29, 1.82) is 0 Å². The van der Waals surface area contributed by atoms with Gasteiger partial charge >= 0.3 is 0 Å². The smallest absolute Gasteiger partial charge is 0.0665 e. The van der Waals surface area contributed by atoms with Gasteiger partial charge in [0.1, 0.15) is 0 Å². The maximum Gasteiger partial charge on any atom is 0.0665 e. The molecule has 0 saturated heterocycles. The monoisotopic (exact) mass is 311 g/mol. The van der Waals surface area contributed by atoms with Gasteiger partial charge < -0.3 is 10.1 Å². The van der Waals surface area contributed by atoms with Crippen molar-refractivity contribution in [3.8, 4) is 0 Å². The molecule has 1 aromatic carbocycles. The zero-order valence-corrected chi connectivity index (χ0v) is 13.2. The van der Waals surface area contributed by atoms with Gasteiger partial charge in [-0.15, -0.1) is 0 Å². The lowest BCUT2D eigenvalue weighted by Gasteiger charge is -2.52. The highest BCUT2D eigenvalue weighted by Gasteiger charge is 2.48. The van der Waals surface area contributed by atoms with E-state index in [1.54, 1.807) is 0 Å². The summed E-state index contributed by atoms with van der Waals surface area (Å²) in [6.45, 7) is 9.57. The van der Waals surface area contributed by atoms with E-state index in [1.165, 1.54) is 11.3 Å². The summed E-state index contributed by atoms with van der Waals surface area (Å²) in [5.74, 6) is 0. The zero-order chi connectivity index (χ0) is 13.3. The molecule has 1 aromatic rings. The third-order valence-electron chi connectivity index (χ3n) is 4.07. The molecule has 0 spiro atoms. The topological polar surface area (TPSA) is 21.3 Å². The van der Waals surface area contributed by atoms with E-state index >= 15 is 0 Å². The second kappa shape index (κ2) is 5.22. The van der Waals surface area contributed by atoms with Crippen molar-refractivity contribution >= 4 is 21.6 Å². The quantitative estimate of drug-likeness (QED) is 0.891. The van der Waals surface area contributed by atoms with Gasteiger partial charge in [-0.3, -0.25) is 0 Å². The number of rotatable bonds is 4. The summed E-state index contributed by atoms with van der Waals surface area (Å²) in [6, 6.07) is 6.86. The van der Waals surface area contributed by atoms with Crippen LogP contribution < -0.4 is 5.32 Å². The molecule has 3 heteroatoms. The Labute approximate surface area is 118 Å². The molecule has 0 radical (unpaired) electrons. The molecule has 2 nitrogen and oxygen atoms in total. The lowest BCUT2D eigenvalue weighted by atomic mass is 9.64. The van der Waals surface area contributed by atoms with Crippen molar-refractivity contribution in [3.63, 3.8) is 0 Å². The molecule has 18 heavy (non-hydrogen) atoms. The first-order chi connectivity index (χ1) is 8.45. The zero-order valence-electron chi connectivity index (χ0n) is 11.6. The molecule has 2 atom stereocenters. The molecule has 2 unspecified atom stereocenters. The van der Waals surface area contributed by atoms with E-state index in [0.29, 0.717) is 12.1 Å². The van der Waals surface area contributed by atoms with E-state index in [9.17, 15) is 0 Å². The molecule has 0 aromatic heterocycles. The Hall–Kier alpha value is -0.540. The molecular weight excluding hydrogens is 290 g/mol. The normalized spacial score (nSPS) is 25.6. The highest BCUT2D eigenvalue weighted by Crippen LogP contribution is 2.44. The molecule has 1 aliphatic carbocycles. The number of aryl methyl sites for hydroxylation is 1. The average molecular weight is 312 g/mol. The van der Waals surface area contributed by atoms with Gasteiger partial charge in [-0.1, -0.05) is 35.8 Å². The summed E-state index contributed by atoms with van der Waals surface area (Å²) in [4.78, 5) is 0. The Bertz CT molecular complexity index is 431. The average Bonchev–Trinajstić information content (AvgIpc) is 2.32. The Morgan fingerprint density at radius 1 is 1.44 bits per heavy atom. The molecule has 0 bridgehead atoms. The standard InChI is InChI=1S/C15H22BrNO/c1-5-18-14-9-13(15(14,3)4)17-12-8-11(16)7-6-10(12)2/h6-8,13-14,17H,5,9H2,1-4H3. The van der Waals surface area contributed by atoms with Gasteiger partial charge in [0.2, 0.25) is 0 Å². The van der Waals surface area contributed by atoms with Crippen molar-refractivity contribution in [2.75, 3.05) is 11.9 Å². The van der Waals surface area contributed by atoms with Crippen LogP contribution in [-0.2, 0) is 4.74 Å².